The Balaban J connectivity index is 0.000000472. The van der Waals surface area contributed by atoms with E-state index in [0.29, 0.717) is 13.2 Å². The van der Waals surface area contributed by atoms with Crippen molar-refractivity contribution in [2.75, 3.05) is 39.4 Å². The zero-order valence-electron chi connectivity index (χ0n) is 26.9. The summed E-state index contributed by atoms with van der Waals surface area (Å²) in [5.41, 5.74) is 1.08. The van der Waals surface area contributed by atoms with E-state index in [2.05, 4.69) is 5.32 Å². The fourth-order valence-corrected chi connectivity index (χ4v) is 3.36. The number of amides is 1. The predicted molar refractivity (Wildman–Crippen MR) is 166 cm³/mol. The van der Waals surface area contributed by atoms with Gasteiger partial charge in [0.2, 0.25) is 0 Å². The Morgan fingerprint density at radius 3 is 1.64 bits per heavy atom. The lowest BCUT2D eigenvalue weighted by atomic mass is 10.2. The van der Waals surface area contributed by atoms with Gasteiger partial charge in [-0.3, -0.25) is 24.1 Å². The van der Waals surface area contributed by atoms with Crippen LogP contribution in [0.5, 0.6) is 0 Å². The summed E-state index contributed by atoms with van der Waals surface area (Å²) in [5.74, 6) is -1.64. The molecule has 12 heteroatoms. The van der Waals surface area contributed by atoms with Gasteiger partial charge in [0, 0.05) is 13.1 Å². The zero-order valence-corrected chi connectivity index (χ0v) is 26.9. The van der Waals surface area contributed by atoms with Crippen molar-refractivity contribution in [3.05, 3.63) is 71.8 Å². The molecule has 0 spiro atoms. The highest BCUT2D eigenvalue weighted by atomic mass is 16.6. The lowest BCUT2D eigenvalue weighted by Gasteiger charge is -2.26. The second kappa shape index (κ2) is 22.1. The molecule has 2 rings (SSSR count). The molecule has 0 saturated heterocycles. The largest absolute Gasteiger partial charge is 0.466 e. The number of nitrogens with zero attached hydrogens (tertiary/aromatic N) is 1. The predicted octanol–water partition coefficient (Wildman–Crippen LogP) is 4.19. The number of hydrogen-bond acceptors (Lipinski definition) is 11. The van der Waals surface area contributed by atoms with Crippen molar-refractivity contribution in [1.82, 2.24) is 10.2 Å². The van der Waals surface area contributed by atoms with Crippen LogP contribution in [-0.2, 0) is 56.1 Å². The fourth-order valence-electron chi connectivity index (χ4n) is 3.36. The van der Waals surface area contributed by atoms with Crippen LogP contribution in [0.3, 0.4) is 0 Å². The normalized spacial score (nSPS) is 10.4. The van der Waals surface area contributed by atoms with Gasteiger partial charge >= 0.3 is 30.0 Å². The summed E-state index contributed by atoms with van der Waals surface area (Å²) >= 11 is 0. The molecule has 12 nitrogen and oxygen atoms in total. The highest BCUT2D eigenvalue weighted by molar-refractivity contribution is 5.79. The van der Waals surface area contributed by atoms with Crippen molar-refractivity contribution in [2.24, 2.45) is 0 Å². The minimum absolute atomic E-state index is 0.00812. The third-order valence-electron chi connectivity index (χ3n) is 5.43. The van der Waals surface area contributed by atoms with Gasteiger partial charge in [-0.2, -0.15) is 0 Å². The van der Waals surface area contributed by atoms with Crippen LogP contribution in [0.15, 0.2) is 60.7 Å². The molecule has 1 N–H and O–H groups in total. The minimum atomic E-state index is -0.715. The van der Waals surface area contributed by atoms with Crippen molar-refractivity contribution >= 4 is 30.0 Å². The first kappa shape index (κ1) is 38.6. The van der Waals surface area contributed by atoms with Crippen molar-refractivity contribution in [3.63, 3.8) is 0 Å². The number of carbonyl (C=O) groups excluding carboxylic acids is 5. The molecule has 0 aliphatic heterocycles. The summed E-state index contributed by atoms with van der Waals surface area (Å²) < 4.78 is 25.1. The molecular weight excluding hydrogens is 584 g/mol. The Labute approximate surface area is 265 Å². The summed E-state index contributed by atoms with van der Waals surface area (Å²) in [5, 5.41) is 2.84. The summed E-state index contributed by atoms with van der Waals surface area (Å²) in [6.45, 7) is 9.82. The number of rotatable bonds is 16. The lowest BCUT2D eigenvalue weighted by Crippen LogP contribution is -2.41. The van der Waals surface area contributed by atoms with Crippen molar-refractivity contribution in [1.29, 1.82) is 0 Å². The molecule has 0 radical (unpaired) electrons. The standard InChI is InChI=1S/C19H27NO6.C14H19NO4/c1-5-24-16(21)11-12-20(18(23)26-19(2,3)4)13-17(22)25-14-15-9-7-6-8-10-15;1-2-18-13(16)8-9-15-10-14(17)19-11-12-6-4-3-5-7-12/h6-10H,5,11-14H2,1-4H3;3-7,15H,2,8-11H2,1H3. The maximum atomic E-state index is 12.3. The molecule has 0 heterocycles. The number of ether oxygens (including phenoxy) is 5. The third kappa shape index (κ3) is 20.2. The number of esters is 4. The Morgan fingerprint density at radius 1 is 0.667 bits per heavy atom. The van der Waals surface area contributed by atoms with Crippen molar-refractivity contribution in [3.8, 4) is 0 Å². The first-order valence-corrected chi connectivity index (χ1v) is 14.8. The van der Waals surface area contributed by atoms with Gasteiger partial charge in [-0.15, -0.1) is 0 Å². The molecular formula is C33H46N2O10. The van der Waals surface area contributed by atoms with Crippen LogP contribution in [0.2, 0.25) is 0 Å². The van der Waals surface area contributed by atoms with Gasteiger partial charge in [-0.05, 0) is 45.7 Å². The van der Waals surface area contributed by atoms with E-state index in [4.69, 9.17) is 23.7 Å². The average Bonchev–Trinajstić information content (AvgIpc) is 3.00. The monoisotopic (exact) mass is 630 g/mol. The van der Waals surface area contributed by atoms with E-state index in [1.807, 2.05) is 60.7 Å². The maximum absolute atomic E-state index is 12.3. The highest BCUT2D eigenvalue weighted by Gasteiger charge is 2.25. The van der Waals surface area contributed by atoms with Crippen LogP contribution in [0.25, 0.3) is 0 Å². The van der Waals surface area contributed by atoms with Gasteiger partial charge in [0.1, 0.15) is 25.4 Å². The third-order valence-corrected chi connectivity index (χ3v) is 5.43. The minimum Gasteiger partial charge on any atom is -0.466 e. The topological polar surface area (TPSA) is 147 Å². The van der Waals surface area contributed by atoms with Crippen LogP contribution in [-0.4, -0.2) is 79.9 Å². The van der Waals surface area contributed by atoms with E-state index in [9.17, 15) is 24.0 Å². The second-order valence-corrected chi connectivity index (χ2v) is 10.5. The number of hydrogen-bond donors (Lipinski definition) is 1. The van der Waals surface area contributed by atoms with Crippen LogP contribution >= 0.6 is 0 Å². The van der Waals surface area contributed by atoms with E-state index >= 15 is 0 Å². The van der Waals surface area contributed by atoms with E-state index in [1.54, 1.807) is 34.6 Å². The molecule has 45 heavy (non-hydrogen) atoms. The molecule has 0 unspecified atom stereocenters. The molecule has 248 valence electrons. The Morgan fingerprint density at radius 2 is 1.16 bits per heavy atom. The Kier molecular flexibility index (Phi) is 19.0. The van der Waals surface area contributed by atoms with Gasteiger partial charge in [0.05, 0.1) is 32.6 Å². The highest BCUT2D eigenvalue weighted by Crippen LogP contribution is 2.11. The summed E-state index contributed by atoms with van der Waals surface area (Å²) in [4.78, 5) is 59.5. The number of carbonyl (C=O) groups is 5. The molecule has 0 aliphatic rings. The number of nitrogens with one attached hydrogen (secondary N) is 1. The smallest absolute Gasteiger partial charge is 0.410 e. The van der Waals surface area contributed by atoms with Gasteiger partial charge < -0.3 is 29.0 Å². The van der Waals surface area contributed by atoms with E-state index in [0.717, 1.165) is 16.0 Å². The Bertz CT molecular complexity index is 1170. The molecule has 0 saturated carbocycles. The van der Waals surface area contributed by atoms with Gasteiger partial charge in [0.15, 0.2) is 0 Å². The van der Waals surface area contributed by atoms with Crippen LogP contribution in [0, 0.1) is 0 Å². The molecule has 2 aromatic rings. The van der Waals surface area contributed by atoms with Crippen LogP contribution in [0.4, 0.5) is 4.79 Å². The Hall–Kier alpha value is -4.45. The molecule has 0 atom stereocenters. The second-order valence-electron chi connectivity index (χ2n) is 10.5. The van der Waals surface area contributed by atoms with E-state index < -0.39 is 23.6 Å². The van der Waals surface area contributed by atoms with Gasteiger partial charge in [-0.1, -0.05) is 60.7 Å². The first-order chi connectivity index (χ1) is 21.4. The molecule has 0 fully saturated rings. The summed E-state index contributed by atoms with van der Waals surface area (Å²) in [6.07, 6.45) is -0.461. The van der Waals surface area contributed by atoms with Crippen molar-refractivity contribution in [2.45, 2.75) is 66.3 Å². The first-order valence-electron chi connectivity index (χ1n) is 14.8. The molecule has 0 aromatic heterocycles. The molecule has 0 bridgehead atoms. The lowest BCUT2D eigenvalue weighted by molar-refractivity contribution is -0.148. The van der Waals surface area contributed by atoms with E-state index in [1.165, 1.54) is 0 Å². The quantitative estimate of drug-likeness (QED) is 0.162. The SMILES string of the molecule is CCOC(=O)CCN(CC(=O)OCc1ccccc1)C(=O)OC(C)(C)C.CCOC(=O)CCNCC(=O)OCc1ccccc1. The molecule has 1 amide bonds. The average molecular weight is 631 g/mol. The molecule has 0 aliphatic carbocycles. The van der Waals surface area contributed by atoms with E-state index in [-0.39, 0.29) is 64.2 Å². The van der Waals surface area contributed by atoms with Gasteiger partial charge in [-0.25, -0.2) is 4.79 Å². The summed E-state index contributed by atoms with van der Waals surface area (Å²) in [6, 6.07) is 18.7. The number of benzene rings is 2. The van der Waals surface area contributed by atoms with Crippen LogP contribution < -0.4 is 5.32 Å². The zero-order chi connectivity index (χ0) is 33.5. The molecule has 2 aromatic carbocycles. The maximum Gasteiger partial charge on any atom is 0.410 e. The van der Waals surface area contributed by atoms with Gasteiger partial charge in [0.25, 0.3) is 0 Å². The van der Waals surface area contributed by atoms with Crippen molar-refractivity contribution < 1.29 is 47.7 Å². The van der Waals surface area contributed by atoms with Crippen LogP contribution in [0.1, 0.15) is 58.6 Å². The summed E-state index contributed by atoms with van der Waals surface area (Å²) in [7, 11) is 0. The fraction of sp³-hybridized carbons (Fsp3) is 0.485.